The number of aliphatic carboxylic acids is 4. The van der Waals surface area contributed by atoms with E-state index in [1.54, 1.807) is 0 Å². The molecule has 0 aliphatic heterocycles. The van der Waals surface area contributed by atoms with E-state index in [0.29, 0.717) is 0 Å². The van der Waals surface area contributed by atoms with Gasteiger partial charge in [-0.15, -0.1) is 0 Å². The minimum Gasteiger partial charge on any atom is -1.00 e. The zero-order chi connectivity index (χ0) is 20.0. The van der Waals surface area contributed by atoms with Gasteiger partial charge < -0.3 is 36.8 Å². The van der Waals surface area contributed by atoms with Crippen molar-refractivity contribution < 1.29 is 95.1 Å². The van der Waals surface area contributed by atoms with E-state index < -0.39 is 72.7 Å². The molecule has 0 saturated heterocycles. The van der Waals surface area contributed by atoms with Gasteiger partial charge in [0.15, 0.2) is 11.2 Å². The van der Waals surface area contributed by atoms with E-state index in [4.69, 9.17) is 20.4 Å². The van der Waals surface area contributed by atoms with Crippen molar-refractivity contribution in [1.82, 2.24) is 0 Å². The summed E-state index contributed by atoms with van der Waals surface area (Å²) in [6.45, 7) is 0. The van der Waals surface area contributed by atoms with Crippen LogP contribution in [0.15, 0.2) is 0 Å². The van der Waals surface area contributed by atoms with Crippen LogP contribution in [0.4, 0.5) is 0 Å². The maximum atomic E-state index is 11.4. The SMILES string of the molecule is O=C(O)CC(O)(CC(=O)OC(=O)CC(O)(CC(=O)O)C(=O)O)C(=O)O.[H-].[Na+]. The third-order valence-corrected chi connectivity index (χ3v) is 2.78. The second kappa shape index (κ2) is 10.2. The molecule has 2 unspecified atom stereocenters. The van der Waals surface area contributed by atoms with E-state index in [1.165, 1.54) is 0 Å². The number of carboxylic acids is 4. The van der Waals surface area contributed by atoms with Crippen molar-refractivity contribution >= 4 is 35.8 Å². The molecule has 0 amide bonds. The number of hydrogen-bond donors (Lipinski definition) is 6. The van der Waals surface area contributed by atoms with Crippen molar-refractivity contribution in [2.45, 2.75) is 36.9 Å². The van der Waals surface area contributed by atoms with Gasteiger partial charge in [0, 0.05) is 0 Å². The van der Waals surface area contributed by atoms with Crippen LogP contribution in [0.25, 0.3) is 0 Å². The monoisotopic (exact) mass is 390 g/mol. The zero-order valence-electron chi connectivity index (χ0n) is 14.4. The van der Waals surface area contributed by atoms with Crippen LogP contribution in [0.3, 0.4) is 0 Å². The van der Waals surface area contributed by atoms with Gasteiger partial charge in [0.2, 0.25) is 0 Å². The van der Waals surface area contributed by atoms with Crippen molar-refractivity contribution in [2.24, 2.45) is 0 Å². The summed E-state index contributed by atoms with van der Waals surface area (Å²) in [6, 6.07) is 0. The van der Waals surface area contributed by atoms with Gasteiger partial charge in [-0.05, 0) is 0 Å². The number of carboxylic acid groups (broad SMARTS) is 4. The van der Waals surface area contributed by atoms with Crippen molar-refractivity contribution in [3.63, 3.8) is 0 Å². The maximum Gasteiger partial charge on any atom is 1.00 e. The fraction of sp³-hybridized carbons (Fsp3) is 0.500. The molecule has 2 atom stereocenters. The molecule has 0 saturated carbocycles. The number of carbonyl (C=O) groups excluding carboxylic acids is 2. The number of hydrogen-bond acceptors (Lipinski definition) is 9. The van der Waals surface area contributed by atoms with Gasteiger partial charge in [-0.2, -0.15) is 0 Å². The standard InChI is InChI=1S/C12H14O13.Na.H/c13-5(14)1-11(23,9(19)20)3-7(17)25-8(18)4-12(24,10(21)22)2-6(15)16;;/h23-24H,1-4H2,(H,13,14)(H,15,16)(H,19,20)(H,21,22);;/q;+1;-1. The van der Waals surface area contributed by atoms with Crippen LogP contribution < -0.4 is 29.6 Å². The second-order valence-corrected chi connectivity index (χ2v) is 5.01. The number of ether oxygens (including phenoxy) is 1. The first-order valence-corrected chi connectivity index (χ1v) is 6.30. The van der Waals surface area contributed by atoms with Gasteiger partial charge in [-0.1, -0.05) is 0 Å². The van der Waals surface area contributed by atoms with Crippen LogP contribution in [0.1, 0.15) is 27.1 Å². The van der Waals surface area contributed by atoms with E-state index in [1.807, 2.05) is 0 Å². The van der Waals surface area contributed by atoms with Crippen LogP contribution in [0, 0.1) is 0 Å². The summed E-state index contributed by atoms with van der Waals surface area (Å²) in [7, 11) is 0. The topological polar surface area (TPSA) is 233 Å². The van der Waals surface area contributed by atoms with Gasteiger partial charge >= 0.3 is 65.4 Å². The van der Waals surface area contributed by atoms with Gasteiger partial charge in [0.25, 0.3) is 0 Å². The van der Waals surface area contributed by atoms with Gasteiger partial charge in [0.1, 0.15) is 0 Å². The molecule has 0 aromatic rings. The summed E-state index contributed by atoms with van der Waals surface area (Å²) in [6.07, 6.45) is -5.73. The third kappa shape index (κ3) is 8.35. The Bertz CT molecular complexity index is 568. The molecular formula is C12H15NaO13. The Balaban J connectivity index is -0.00000288. The summed E-state index contributed by atoms with van der Waals surface area (Å²) in [5, 5.41) is 53.6. The molecule has 0 aliphatic carbocycles. The van der Waals surface area contributed by atoms with Gasteiger partial charge in [-0.3, -0.25) is 19.2 Å². The first kappa shape index (κ1) is 26.2. The molecule has 0 aromatic carbocycles. The molecule has 14 heteroatoms. The van der Waals surface area contributed by atoms with Crippen LogP contribution in [-0.2, 0) is 33.5 Å². The number of aliphatic hydroxyl groups is 2. The predicted molar refractivity (Wildman–Crippen MR) is 71.1 cm³/mol. The van der Waals surface area contributed by atoms with Crippen molar-refractivity contribution in [2.75, 3.05) is 0 Å². The molecule has 0 aliphatic rings. The smallest absolute Gasteiger partial charge is 1.00 e. The Hall–Kier alpha value is -2.06. The minimum atomic E-state index is -3.09. The molecule has 26 heavy (non-hydrogen) atoms. The quantitative estimate of drug-likeness (QED) is 0.116. The average Bonchev–Trinajstić information content (AvgIpc) is 2.34. The second-order valence-electron chi connectivity index (χ2n) is 5.01. The Labute approximate surface area is 167 Å². The fourth-order valence-corrected chi connectivity index (χ4v) is 1.60. The molecule has 0 radical (unpaired) electrons. The van der Waals surface area contributed by atoms with Crippen molar-refractivity contribution in [3.8, 4) is 0 Å². The number of rotatable bonds is 10. The summed E-state index contributed by atoms with van der Waals surface area (Å²) in [5.41, 5.74) is -6.18. The average molecular weight is 390 g/mol. The van der Waals surface area contributed by atoms with E-state index in [9.17, 15) is 39.0 Å². The molecule has 0 fully saturated rings. The molecular weight excluding hydrogens is 375 g/mol. The van der Waals surface area contributed by atoms with E-state index >= 15 is 0 Å². The van der Waals surface area contributed by atoms with Gasteiger partial charge in [0.05, 0.1) is 25.7 Å². The van der Waals surface area contributed by atoms with Crippen LogP contribution in [0.2, 0.25) is 0 Å². The third-order valence-electron chi connectivity index (χ3n) is 2.78. The predicted octanol–water partition coefficient (Wildman–Crippen LogP) is -5.47. The van der Waals surface area contributed by atoms with E-state index in [2.05, 4.69) is 4.74 Å². The Morgan fingerprint density at radius 2 is 0.923 bits per heavy atom. The Kier molecular flexibility index (Phi) is 10.2. The largest absolute Gasteiger partial charge is 1.00 e. The molecule has 0 heterocycles. The van der Waals surface area contributed by atoms with E-state index in [0.717, 1.165) is 0 Å². The molecule has 0 spiro atoms. The summed E-state index contributed by atoms with van der Waals surface area (Å²) in [4.78, 5) is 65.5. The molecule has 13 nitrogen and oxygen atoms in total. The molecule has 142 valence electrons. The Morgan fingerprint density at radius 3 is 1.12 bits per heavy atom. The fourth-order valence-electron chi connectivity index (χ4n) is 1.60. The summed E-state index contributed by atoms with van der Waals surface area (Å²) >= 11 is 0. The first-order valence-electron chi connectivity index (χ1n) is 6.30. The van der Waals surface area contributed by atoms with Crippen molar-refractivity contribution in [3.05, 3.63) is 0 Å². The molecule has 0 bridgehead atoms. The normalized spacial score (nSPS) is 14.7. The Morgan fingerprint density at radius 1 is 0.654 bits per heavy atom. The van der Waals surface area contributed by atoms with Crippen LogP contribution in [-0.4, -0.2) is 77.7 Å². The van der Waals surface area contributed by atoms with Crippen LogP contribution >= 0.6 is 0 Å². The molecule has 0 rings (SSSR count). The summed E-state index contributed by atoms with van der Waals surface area (Å²) < 4.78 is 3.99. The van der Waals surface area contributed by atoms with E-state index in [-0.39, 0.29) is 31.0 Å². The zero-order valence-corrected chi connectivity index (χ0v) is 15.4. The van der Waals surface area contributed by atoms with Crippen molar-refractivity contribution in [1.29, 1.82) is 0 Å². The number of carbonyl (C=O) groups is 6. The molecule has 6 N–H and O–H groups in total. The van der Waals surface area contributed by atoms with Crippen LogP contribution in [0.5, 0.6) is 0 Å². The summed E-state index contributed by atoms with van der Waals surface area (Å²) in [5.74, 6) is -11.2. The maximum absolute atomic E-state index is 11.4. The number of esters is 2. The molecule has 0 aromatic heterocycles. The van der Waals surface area contributed by atoms with Gasteiger partial charge in [-0.25, -0.2) is 9.59 Å². The first-order chi connectivity index (χ1) is 11.2. The minimum absolute atomic E-state index is 0.